The molecule has 0 aliphatic heterocycles. The van der Waals surface area contributed by atoms with Crippen LogP contribution in [0.3, 0.4) is 0 Å². The highest BCUT2D eigenvalue weighted by molar-refractivity contribution is 5.75. The van der Waals surface area contributed by atoms with Gasteiger partial charge in [0, 0.05) is 6.42 Å². The Bertz CT molecular complexity index is 565. The summed E-state index contributed by atoms with van der Waals surface area (Å²) >= 11 is 0. The molecule has 0 saturated heterocycles. The van der Waals surface area contributed by atoms with E-state index < -0.39 is 0 Å². The zero-order valence-electron chi connectivity index (χ0n) is 12.6. The number of benzene rings is 1. The molecule has 2 aromatic rings. The lowest BCUT2D eigenvalue weighted by Gasteiger charge is -2.16. The Morgan fingerprint density at radius 1 is 1.20 bits per heavy atom. The lowest BCUT2D eigenvalue weighted by Crippen LogP contribution is -2.09. The molecule has 1 aromatic carbocycles. The third-order valence-corrected chi connectivity index (χ3v) is 2.93. The highest BCUT2D eigenvalue weighted by Gasteiger charge is 2.21. The lowest BCUT2D eigenvalue weighted by atomic mass is 9.88. The topological polar surface area (TPSA) is 61.3 Å². The monoisotopic (exact) mass is 274 g/mol. The van der Waals surface area contributed by atoms with Crippen molar-refractivity contribution in [2.75, 3.05) is 12.3 Å². The Morgan fingerprint density at radius 2 is 1.85 bits per heavy atom. The summed E-state index contributed by atoms with van der Waals surface area (Å²) in [6, 6.07) is 7.85. The van der Waals surface area contributed by atoms with Crippen molar-refractivity contribution in [1.82, 2.24) is 5.16 Å². The maximum Gasteiger partial charge on any atom is 0.175 e. The van der Waals surface area contributed by atoms with Crippen molar-refractivity contribution < 1.29 is 9.26 Å². The maximum absolute atomic E-state index is 5.95. The van der Waals surface area contributed by atoms with Gasteiger partial charge in [-0.25, -0.2) is 0 Å². The van der Waals surface area contributed by atoms with E-state index >= 15 is 0 Å². The molecular weight excluding hydrogens is 252 g/mol. The van der Waals surface area contributed by atoms with Crippen LogP contribution < -0.4 is 10.5 Å². The van der Waals surface area contributed by atoms with Crippen molar-refractivity contribution in [3.8, 4) is 16.9 Å². The molecule has 0 aliphatic carbocycles. The van der Waals surface area contributed by atoms with Gasteiger partial charge in [-0.3, -0.25) is 0 Å². The standard InChI is InChI=1S/C16H22N2O2/c1-5-19-12-8-6-11(7-9-12)14-13(10-16(2,3)4)20-18-15(14)17/h6-9H,5,10H2,1-4H3,(H2,17,18). The highest BCUT2D eigenvalue weighted by Crippen LogP contribution is 2.34. The van der Waals surface area contributed by atoms with Crippen LogP contribution in [0.1, 0.15) is 33.5 Å². The fraction of sp³-hybridized carbons (Fsp3) is 0.438. The third kappa shape index (κ3) is 3.32. The van der Waals surface area contributed by atoms with Crippen LogP contribution in [0.5, 0.6) is 5.75 Å². The van der Waals surface area contributed by atoms with Crippen LogP contribution in [0.25, 0.3) is 11.1 Å². The molecule has 2 N–H and O–H groups in total. The SMILES string of the molecule is CCOc1ccc(-c2c(N)noc2CC(C)(C)C)cc1. The van der Waals surface area contributed by atoms with Crippen LogP contribution in [0.4, 0.5) is 5.82 Å². The van der Waals surface area contributed by atoms with E-state index in [2.05, 4.69) is 25.9 Å². The van der Waals surface area contributed by atoms with Crippen molar-refractivity contribution >= 4 is 5.82 Å². The Balaban J connectivity index is 2.34. The Kier molecular flexibility index (Phi) is 4.02. The Labute approximate surface area is 119 Å². The van der Waals surface area contributed by atoms with Crippen molar-refractivity contribution in [2.45, 2.75) is 34.1 Å². The van der Waals surface area contributed by atoms with E-state index in [1.54, 1.807) is 0 Å². The quantitative estimate of drug-likeness (QED) is 0.918. The van der Waals surface area contributed by atoms with Crippen LogP contribution in [0.15, 0.2) is 28.8 Å². The van der Waals surface area contributed by atoms with E-state index in [4.69, 9.17) is 15.0 Å². The summed E-state index contributed by atoms with van der Waals surface area (Å²) in [6.45, 7) is 9.10. The first-order valence-electron chi connectivity index (χ1n) is 6.88. The number of hydrogen-bond acceptors (Lipinski definition) is 4. The molecule has 0 fully saturated rings. The largest absolute Gasteiger partial charge is 0.494 e. The van der Waals surface area contributed by atoms with Gasteiger partial charge < -0.3 is 15.0 Å². The zero-order valence-corrected chi connectivity index (χ0v) is 12.6. The van der Waals surface area contributed by atoms with Gasteiger partial charge in [-0.1, -0.05) is 38.1 Å². The average molecular weight is 274 g/mol. The average Bonchev–Trinajstić information content (AvgIpc) is 2.70. The van der Waals surface area contributed by atoms with Crippen molar-refractivity contribution in [3.63, 3.8) is 0 Å². The summed E-state index contributed by atoms with van der Waals surface area (Å²) in [5.41, 5.74) is 7.97. The van der Waals surface area contributed by atoms with E-state index in [9.17, 15) is 0 Å². The van der Waals surface area contributed by atoms with Crippen molar-refractivity contribution in [3.05, 3.63) is 30.0 Å². The van der Waals surface area contributed by atoms with E-state index in [-0.39, 0.29) is 5.41 Å². The smallest absolute Gasteiger partial charge is 0.175 e. The molecule has 4 nitrogen and oxygen atoms in total. The van der Waals surface area contributed by atoms with Crippen molar-refractivity contribution in [1.29, 1.82) is 0 Å². The summed E-state index contributed by atoms with van der Waals surface area (Å²) in [5, 5.41) is 3.91. The van der Waals surface area contributed by atoms with Crippen molar-refractivity contribution in [2.24, 2.45) is 5.41 Å². The van der Waals surface area contributed by atoms with Gasteiger partial charge in [0.15, 0.2) is 5.82 Å². The molecule has 0 aliphatic rings. The summed E-state index contributed by atoms with van der Waals surface area (Å²) in [7, 11) is 0. The minimum Gasteiger partial charge on any atom is -0.494 e. The predicted molar refractivity (Wildman–Crippen MR) is 80.7 cm³/mol. The number of anilines is 1. The number of nitrogens with two attached hydrogens (primary N) is 1. The molecular formula is C16H22N2O2. The number of ether oxygens (including phenoxy) is 1. The Hall–Kier alpha value is -1.97. The second-order valence-electron chi connectivity index (χ2n) is 6.06. The summed E-state index contributed by atoms with van der Waals surface area (Å²) in [6.07, 6.45) is 0.791. The predicted octanol–water partition coefficient (Wildman–Crippen LogP) is 3.91. The maximum atomic E-state index is 5.95. The molecule has 2 rings (SSSR count). The van der Waals surface area contributed by atoms with E-state index in [0.717, 1.165) is 29.1 Å². The van der Waals surface area contributed by atoms with E-state index in [1.807, 2.05) is 31.2 Å². The molecule has 0 unspecified atom stereocenters. The summed E-state index contributed by atoms with van der Waals surface area (Å²) in [4.78, 5) is 0. The number of hydrogen-bond donors (Lipinski definition) is 1. The molecule has 1 aromatic heterocycles. The second-order valence-corrected chi connectivity index (χ2v) is 6.06. The van der Waals surface area contributed by atoms with Gasteiger partial charge in [0.1, 0.15) is 11.5 Å². The molecule has 1 heterocycles. The fourth-order valence-electron chi connectivity index (χ4n) is 2.13. The van der Waals surface area contributed by atoms with Gasteiger partial charge in [0.2, 0.25) is 0 Å². The fourth-order valence-corrected chi connectivity index (χ4v) is 2.13. The van der Waals surface area contributed by atoms with Crippen LogP contribution in [0, 0.1) is 5.41 Å². The van der Waals surface area contributed by atoms with Gasteiger partial charge >= 0.3 is 0 Å². The van der Waals surface area contributed by atoms with E-state index in [1.165, 1.54) is 0 Å². The molecule has 20 heavy (non-hydrogen) atoms. The minimum absolute atomic E-state index is 0.117. The first-order valence-corrected chi connectivity index (χ1v) is 6.88. The second kappa shape index (κ2) is 5.57. The first-order chi connectivity index (χ1) is 9.40. The third-order valence-electron chi connectivity index (χ3n) is 2.93. The minimum atomic E-state index is 0.117. The van der Waals surface area contributed by atoms with Crippen LogP contribution >= 0.6 is 0 Å². The molecule has 0 atom stereocenters. The summed E-state index contributed by atoms with van der Waals surface area (Å²) < 4.78 is 10.8. The summed E-state index contributed by atoms with van der Waals surface area (Å²) in [5.74, 6) is 2.12. The van der Waals surface area contributed by atoms with Gasteiger partial charge in [0.05, 0.1) is 12.2 Å². The van der Waals surface area contributed by atoms with Gasteiger partial charge in [0.25, 0.3) is 0 Å². The normalized spacial score (nSPS) is 11.6. The van der Waals surface area contributed by atoms with Crippen LogP contribution in [-0.2, 0) is 6.42 Å². The Morgan fingerprint density at radius 3 is 2.40 bits per heavy atom. The molecule has 0 bridgehead atoms. The molecule has 0 saturated carbocycles. The lowest BCUT2D eigenvalue weighted by molar-refractivity contribution is 0.322. The number of aromatic nitrogens is 1. The number of nitrogens with zero attached hydrogens (tertiary/aromatic N) is 1. The molecule has 0 amide bonds. The molecule has 0 spiro atoms. The number of nitrogen functional groups attached to an aromatic ring is 1. The van der Waals surface area contributed by atoms with Gasteiger partial charge in [-0.2, -0.15) is 0 Å². The zero-order chi connectivity index (χ0) is 14.8. The van der Waals surface area contributed by atoms with Gasteiger partial charge in [-0.05, 0) is 30.0 Å². The number of rotatable bonds is 4. The molecule has 108 valence electrons. The van der Waals surface area contributed by atoms with Crippen LogP contribution in [-0.4, -0.2) is 11.8 Å². The van der Waals surface area contributed by atoms with Gasteiger partial charge in [-0.15, -0.1) is 0 Å². The highest BCUT2D eigenvalue weighted by atomic mass is 16.5. The van der Waals surface area contributed by atoms with Crippen LogP contribution in [0.2, 0.25) is 0 Å². The van der Waals surface area contributed by atoms with E-state index in [0.29, 0.717) is 12.4 Å². The first kappa shape index (κ1) is 14.4. The molecule has 4 heteroatoms. The molecule has 0 radical (unpaired) electrons.